The summed E-state index contributed by atoms with van der Waals surface area (Å²) in [6, 6.07) is 8.00. The normalized spacial score (nSPS) is 14.2. The molecule has 0 radical (unpaired) electrons. The summed E-state index contributed by atoms with van der Waals surface area (Å²) in [7, 11) is 1.78. The molecule has 0 heterocycles. The number of carbonyl (C=O) groups is 1. The maximum absolute atomic E-state index is 12.1. The molecule has 5 nitrogen and oxygen atoms in total. The van der Waals surface area contributed by atoms with Crippen molar-refractivity contribution in [2.45, 2.75) is 38.6 Å². The van der Waals surface area contributed by atoms with Gasteiger partial charge in [0, 0.05) is 31.7 Å². The molecule has 1 aliphatic rings. The molecular weight excluding hydrogens is 459 g/mol. The van der Waals surface area contributed by atoms with E-state index in [0.717, 1.165) is 43.0 Å². The maximum Gasteiger partial charge on any atom is 0.227 e. The first-order valence-electron chi connectivity index (χ1n) is 9.06. The Balaban J connectivity index is 0.00000338. The molecule has 0 atom stereocenters. The number of anilines is 1. The molecule has 7 heteroatoms. The summed E-state index contributed by atoms with van der Waals surface area (Å²) in [5, 5.41) is 9.68. The maximum atomic E-state index is 12.1. The zero-order valence-corrected chi connectivity index (χ0v) is 18.9. The van der Waals surface area contributed by atoms with Crippen LogP contribution in [0.15, 0.2) is 29.3 Å². The molecule has 0 unspecified atom stereocenters. The molecule has 3 N–H and O–H groups in total. The summed E-state index contributed by atoms with van der Waals surface area (Å²) in [5.74, 6) is 2.37. The van der Waals surface area contributed by atoms with Gasteiger partial charge in [-0.05, 0) is 55.4 Å². The van der Waals surface area contributed by atoms with Gasteiger partial charge >= 0.3 is 0 Å². The van der Waals surface area contributed by atoms with Crippen LogP contribution < -0.4 is 16.0 Å². The summed E-state index contributed by atoms with van der Waals surface area (Å²) in [6.45, 7) is 1.61. The highest BCUT2D eigenvalue weighted by Crippen LogP contribution is 2.27. The van der Waals surface area contributed by atoms with Gasteiger partial charge in [0.2, 0.25) is 5.91 Å². The van der Waals surface area contributed by atoms with Crippen molar-refractivity contribution < 1.29 is 4.79 Å². The van der Waals surface area contributed by atoms with Crippen LogP contribution in [-0.2, 0) is 11.3 Å². The summed E-state index contributed by atoms with van der Waals surface area (Å²) in [5.41, 5.74) is 1.99. The summed E-state index contributed by atoms with van der Waals surface area (Å²) >= 11 is 1.88. The lowest BCUT2D eigenvalue weighted by molar-refractivity contribution is -0.122. The van der Waals surface area contributed by atoms with E-state index in [1.165, 1.54) is 18.6 Å². The SMILES string of the molecule is CN=C(NCCCCSC)NCc1cccc(NC(=O)C2CCC2)c1.I. The number of nitrogens with one attached hydrogen (secondary N) is 3. The highest BCUT2D eigenvalue weighted by Gasteiger charge is 2.25. The van der Waals surface area contributed by atoms with Crippen LogP contribution in [0.1, 0.15) is 37.7 Å². The Hall–Kier alpha value is -0.960. The number of nitrogens with zero attached hydrogens (tertiary/aromatic N) is 1. The minimum Gasteiger partial charge on any atom is -0.356 e. The van der Waals surface area contributed by atoms with E-state index in [2.05, 4.69) is 33.3 Å². The molecular formula is C19H31IN4OS. The number of thioether (sulfide) groups is 1. The monoisotopic (exact) mass is 490 g/mol. The van der Waals surface area contributed by atoms with Gasteiger partial charge in [0.05, 0.1) is 0 Å². The largest absolute Gasteiger partial charge is 0.356 e. The number of hydrogen-bond donors (Lipinski definition) is 3. The van der Waals surface area contributed by atoms with Crippen molar-refractivity contribution in [3.05, 3.63) is 29.8 Å². The Bertz CT molecular complexity index is 578. The van der Waals surface area contributed by atoms with Gasteiger partial charge in [-0.1, -0.05) is 18.6 Å². The molecule has 0 saturated heterocycles. The highest BCUT2D eigenvalue weighted by atomic mass is 127. The Morgan fingerprint density at radius 1 is 1.27 bits per heavy atom. The molecule has 146 valence electrons. The van der Waals surface area contributed by atoms with Crippen molar-refractivity contribution in [3.63, 3.8) is 0 Å². The van der Waals surface area contributed by atoms with Gasteiger partial charge in [-0.3, -0.25) is 9.79 Å². The van der Waals surface area contributed by atoms with Crippen LogP contribution in [0.4, 0.5) is 5.69 Å². The van der Waals surface area contributed by atoms with Crippen molar-refractivity contribution in [1.29, 1.82) is 0 Å². The lowest BCUT2D eigenvalue weighted by atomic mass is 9.85. The van der Waals surface area contributed by atoms with Crippen LogP contribution in [0.2, 0.25) is 0 Å². The van der Waals surface area contributed by atoms with Crippen LogP contribution in [0.3, 0.4) is 0 Å². The number of guanidine groups is 1. The quantitative estimate of drug-likeness (QED) is 0.213. The van der Waals surface area contributed by atoms with Crippen LogP contribution >= 0.6 is 35.7 Å². The third kappa shape index (κ3) is 8.16. The molecule has 26 heavy (non-hydrogen) atoms. The van der Waals surface area contributed by atoms with Crippen molar-refractivity contribution in [2.75, 3.05) is 30.9 Å². The summed E-state index contributed by atoms with van der Waals surface area (Å²) in [6.07, 6.45) is 7.71. The minimum atomic E-state index is 0. The number of benzene rings is 1. The molecule has 0 aromatic heterocycles. The van der Waals surface area contributed by atoms with Gasteiger partial charge < -0.3 is 16.0 Å². The molecule has 1 amide bonds. The van der Waals surface area contributed by atoms with Crippen molar-refractivity contribution in [2.24, 2.45) is 10.9 Å². The first kappa shape index (κ1) is 23.1. The number of carbonyl (C=O) groups excluding carboxylic acids is 1. The standard InChI is InChI=1S/C19H30N4OS.HI/c1-20-19(21-11-3-4-12-25-2)22-14-15-7-5-10-17(13-15)23-18(24)16-8-6-9-16;/h5,7,10,13,16H,3-4,6,8-9,11-12,14H2,1-2H3,(H,23,24)(H2,20,21,22);1H. The van der Waals surface area contributed by atoms with E-state index in [1.807, 2.05) is 30.0 Å². The number of aliphatic imine (C=N–C) groups is 1. The molecule has 2 rings (SSSR count). The third-order valence-corrected chi connectivity index (χ3v) is 5.12. The second kappa shape index (κ2) is 13.2. The predicted octanol–water partition coefficient (Wildman–Crippen LogP) is 3.85. The fraction of sp³-hybridized carbons (Fsp3) is 0.579. The average Bonchev–Trinajstić information content (AvgIpc) is 2.56. The Morgan fingerprint density at radius 3 is 2.73 bits per heavy atom. The van der Waals surface area contributed by atoms with Gasteiger partial charge in [-0.2, -0.15) is 11.8 Å². The zero-order valence-electron chi connectivity index (χ0n) is 15.7. The van der Waals surface area contributed by atoms with Crippen molar-refractivity contribution in [1.82, 2.24) is 10.6 Å². The van der Waals surface area contributed by atoms with Gasteiger partial charge in [0.25, 0.3) is 0 Å². The lowest BCUT2D eigenvalue weighted by Gasteiger charge is -2.24. The number of hydrogen-bond acceptors (Lipinski definition) is 3. The van der Waals surface area contributed by atoms with Gasteiger partial charge in [-0.15, -0.1) is 24.0 Å². The van der Waals surface area contributed by atoms with E-state index in [4.69, 9.17) is 0 Å². The Labute approximate surface area is 178 Å². The number of unbranched alkanes of at least 4 members (excludes halogenated alkanes) is 1. The first-order chi connectivity index (χ1) is 12.2. The number of rotatable bonds is 9. The Kier molecular flexibility index (Phi) is 11.8. The van der Waals surface area contributed by atoms with E-state index < -0.39 is 0 Å². The van der Waals surface area contributed by atoms with E-state index in [0.29, 0.717) is 6.54 Å². The molecule has 1 aromatic carbocycles. The number of amides is 1. The van der Waals surface area contributed by atoms with E-state index in [-0.39, 0.29) is 35.8 Å². The van der Waals surface area contributed by atoms with E-state index in [1.54, 1.807) is 7.05 Å². The van der Waals surface area contributed by atoms with Gasteiger partial charge in [-0.25, -0.2) is 0 Å². The summed E-state index contributed by atoms with van der Waals surface area (Å²) in [4.78, 5) is 16.3. The summed E-state index contributed by atoms with van der Waals surface area (Å²) < 4.78 is 0. The van der Waals surface area contributed by atoms with Crippen LogP contribution in [-0.4, -0.2) is 37.5 Å². The molecule has 0 bridgehead atoms. The molecule has 1 aromatic rings. The van der Waals surface area contributed by atoms with Crippen LogP contribution in [0.5, 0.6) is 0 Å². The Morgan fingerprint density at radius 2 is 2.08 bits per heavy atom. The van der Waals surface area contributed by atoms with Crippen LogP contribution in [0.25, 0.3) is 0 Å². The average molecular weight is 490 g/mol. The van der Waals surface area contributed by atoms with E-state index in [9.17, 15) is 4.79 Å². The van der Waals surface area contributed by atoms with Crippen molar-refractivity contribution in [3.8, 4) is 0 Å². The molecule has 0 aliphatic heterocycles. The molecule has 1 aliphatic carbocycles. The smallest absolute Gasteiger partial charge is 0.227 e. The lowest BCUT2D eigenvalue weighted by Crippen LogP contribution is -2.37. The second-order valence-electron chi connectivity index (χ2n) is 6.37. The van der Waals surface area contributed by atoms with E-state index >= 15 is 0 Å². The topological polar surface area (TPSA) is 65.5 Å². The zero-order chi connectivity index (χ0) is 17.9. The second-order valence-corrected chi connectivity index (χ2v) is 7.36. The van der Waals surface area contributed by atoms with Crippen molar-refractivity contribution >= 4 is 53.3 Å². The fourth-order valence-electron chi connectivity index (χ4n) is 2.66. The minimum absolute atomic E-state index is 0. The molecule has 1 fully saturated rings. The number of halogens is 1. The predicted molar refractivity (Wildman–Crippen MR) is 124 cm³/mol. The first-order valence-corrected chi connectivity index (χ1v) is 10.5. The van der Waals surface area contributed by atoms with Gasteiger partial charge in [0.15, 0.2) is 5.96 Å². The van der Waals surface area contributed by atoms with Gasteiger partial charge in [0.1, 0.15) is 0 Å². The third-order valence-electron chi connectivity index (χ3n) is 4.42. The fourth-order valence-corrected chi connectivity index (χ4v) is 3.15. The highest BCUT2D eigenvalue weighted by molar-refractivity contribution is 14.0. The molecule has 1 saturated carbocycles. The van der Waals surface area contributed by atoms with Crippen LogP contribution in [0, 0.1) is 5.92 Å². The molecule has 0 spiro atoms.